The van der Waals surface area contributed by atoms with Crippen LogP contribution in [0, 0.1) is 13.8 Å². The molecule has 0 N–H and O–H groups in total. The number of halogens is 2. The van der Waals surface area contributed by atoms with Crippen LogP contribution in [0.5, 0.6) is 11.5 Å². The van der Waals surface area contributed by atoms with Crippen molar-refractivity contribution in [1.82, 2.24) is 0 Å². The van der Waals surface area contributed by atoms with Crippen molar-refractivity contribution in [2.75, 3.05) is 0 Å². The van der Waals surface area contributed by atoms with Gasteiger partial charge in [-0.25, -0.2) is 9.59 Å². The van der Waals surface area contributed by atoms with Crippen LogP contribution in [0.25, 0.3) is 11.1 Å². The average Bonchev–Trinajstić information content (AvgIpc) is 2.82. The fraction of sp³-hybridized carbons (Fsp3) is 0.0714. The number of hydrogen-bond acceptors (Lipinski definition) is 4. The molecule has 0 saturated carbocycles. The van der Waals surface area contributed by atoms with Gasteiger partial charge in [-0.05, 0) is 78.6 Å². The van der Waals surface area contributed by atoms with Crippen LogP contribution in [0.4, 0.5) is 0 Å². The number of benzene rings is 4. The van der Waals surface area contributed by atoms with Crippen LogP contribution in [0.1, 0.15) is 31.8 Å². The van der Waals surface area contributed by atoms with Crippen LogP contribution in [0.15, 0.2) is 84.9 Å². The van der Waals surface area contributed by atoms with E-state index in [1.807, 2.05) is 50.2 Å². The molecule has 34 heavy (non-hydrogen) atoms. The van der Waals surface area contributed by atoms with E-state index in [0.717, 1.165) is 16.7 Å². The number of carbonyl (C=O) groups excluding carboxylic acids is 2. The monoisotopic (exact) mass is 490 g/mol. The van der Waals surface area contributed by atoms with Crippen LogP contribution >= 0.6 is 23.2 Å². The van der Waals surface area contributed by atoms with Gasteiger partial charge in [-0.3, -0.25) is 0 Å². The van der Waals surface area contributed by atoms with E-state index < -0.39 is 11.9 Å². The molecule has 0 aromatic heterocycles. The predicted octanol–water partition coefficient (Wildman–Crippen LogP) is 7.72. The quantitative estimate of drug-likeness (QED) is 0.212. The number of carbonyl (C=O) groups is 2. The van der Waals surface area contributed by atoms with Crippen LogP contribution in [-0.2, 0) is 0 Å². The minimum atomic E-state index is -0.593. The lowest BCUT2D eigenvalue weighted by atomic mass is 9.97. The lowest BCUT2D eigenvalue weighted by Gasteiger charge is -2.13. The maximum atomic E-state index is 13.1. The van der Waals surface area contributed by atoms with E-state index in [4.69, 9.17) is 32.7 Å². The van der Waals surface area contributed by atoms with E-state index in [1.54, 1.807) is 42.5 Å². The molecule has 4 nitrogen and oxygen atoms in total. The SMILES string of the molecule is Cc1ccc(OC(=O)c2ccc(C(=O)Oc3ccc(C)cc3Cl)c(-c3ccccc3)c2)c(Cl)c1. The lowest BCUT2D eigenvalue weighted by molar-refractivity contribution is 0.0721. The number of hydrogen-bond donors (Lipinski definition) is 0. The minimum Gasteiger partial charge on any atom is -0.421 e. The molecule has 0 radical (unpaired) electrons. The van der Waals surface area contributed by atoms with E-state index in [-0.39, 0.29) is 22.6 Å². The first kappa shape index (κ1) is 23.6. The molecule has 6 heteroatoms. The second kappa shape index (κ2) is 10.1. The molecule has 0 aliphatic rings. The van der Waals surface area contributed by atoms with Crippen molar-refractivity contribution in [3.63, 3.8) is 0 Å². The van der Waals surface area contributed by atoms with Crippen molar-refractivity contribution in [2.45, 2.75) is 13.8 Å². The van der Waals surface area contributed by atoms with Crippen molar-refractivity contribution in [2.24, 2.45) is 0 Å². The van der Waals surface area contributed by atoms with Gasteiger partial charge in [0.1, 0.15) is 11.5 Å². The molecule has 0 aliphatic carbocycles. The van der Waals surface area contributed by atoms with Gasteiger partial charge in [-0.1, -0.05) is 65.7 Å². The van der Waals surface area contributed by atoms with E-state index in [2.05, 4.69) is 0 Å². The van der Waals surface area contributed by atoms with Gasteiger partial charge < -0.3 is 9.47 Å². The Labute approximate surface area is 207 Å². The van der Waals surface area contributed by atoms with Crippen molar-refractivity contribution in [3.05, 3.63) is 117 Å². The van der Waals surface area contributed by atoms with Gasteiger partial charge in [-0.2, -0.15) is 0 Å². The molecule has 0 fully saturated rings. The highest BCUT2D eigenvalue weighted by Gasteiger charge is 2.20. The zero-order chi connectivity index (χ0) is 24.2. The summed E-state index contributed by atoms with van der Waals surface area (Å²) in [7, 11) is 0. The molecule has 0 saturated heterocycles. The van der Waals surface area contributed by atoms with Crippen molar-refractivity contribution < 1.29 is 19.1 Å². The smallest absolute Gasteiger partial charge is 0.344 e. The summed E-state index contributed by atoms with van der Waals surface area (Å²) in [5.41, 5.74) is 3.72. The number of rotatable bonds is 5. The summed E-state index contributed by atoms with van der Waals surface area (Å²) >= 11 is 12.4. The molecule has 4 rings (SSSR count). The Bertz CT molecular complexity index is 1380. The second-order valence-electron chi connectivity index (χ2n) is 7.77. The fourth-order valence-electron chi connectivity index (χ4n) is 3.40. The molecular formula is C28H20Cl2O4. The van der Waals surface area contributed by atoms with Gasteiger partial charge in [0.25, 0.3) is 0 Å². The van der Waals surface area contributed by atoms with Gasteiger partial charge in [0.15, 0.2) is 0 Å². The lowest BCUT2D eigenvalue weighted by Crippen LogP contribution is -2.13. The highest BCUT2D eigenvalue weighted by atomic mass is 35.5. The zero-order valence-electron chi connectivity index (χ0n) is 18.5. The largest absolute Gasteiger partial charge is 0.421 e. The molecule has 0 unspecified atom stereocenters. The standard InChI is InChI=1S/C28H20Cl2O4/c1-17-8-12-25(23(29)14-17)33-27(31)20-10-11-21(22(16-20)19-6-4-3-5-7-19)28(32)34-26-13-9-18(2)15-24(26)30/h3-16H,1-2H3. The van der Waals surface area contributed by atoms with E-state index in [1.165, 1.54) is 6.07 Å². The van der Waals surface area contributed by atoms with Gasteiger partial charge in [0, 0.05) is 0 Å². The fourth-order valence-corrected chi connectivity index (χ4v) is 3.94. The van der Waals surface area contributed by atoms with Gasteiger partial charge in [0.2, 0.25) is 0 Å². The third kappa shape index (κ3) is 5.30. The average molecular weight is 491 g/mol. The first-order valence-corrected chi connectivity index (χ1v) is 11.2. The Kier molecular flexibility index (Phi) is 7.01. The Morgan fingerprint density at radius 3 is 1.76 bits per heavy atom. The molecule has 4 aromatic carbocycles. The van der Waals surface area contributed by atoms with Crippen LogP contribution in [-0.4, -0.2) is 11.9 Å². The summed E-state index contributed by atoms with van der Waals surface area (Å²) in [5, 5.41) is 0.677. The van der Waals surface area contributed by atoms with Gasteiger partial charge >= 0.3 is 11.9 Å². The Balaban J connectivity index is 1.68. The predicted molar refractivity (Wildman–Crippen MR) is 134 cm³/mol. The van der Waals surface area contributed by atoms with E-state index >= 15 is 0 Å². The molecule has 0 spiro atoms. The van der Waals surface area contributed by atoms with Crippen LogP contribution in [0.2, 0.25) is 10.0 Å². The number of aryl methyl sites for hydroxylation is 2. The zero-order valence-corrected chi connectivity index (χ0v) is 20.0. The Morgan fingerprint density at radius 2 is 1.21 bits per heavy atom. The van der Waals surface area contributed by atoms with Crippen molar-refractivity contribution in [1.29, 1.82) is 0 Å². The summed E-state index contributed by atoms with van der Waals surface area (Å²) in [5.74, 6) is -0.666. The summed E-state index contributed by atoms with van der Waals surface area (Å²) in [6, 6.07) is 24.3. The second-order valence-corrected chi connectivity index (χ2v) is 8.59. The maximum Gasteiger partial charge on any atom is 0.344 e. The molecule has 0 heterocycles. The number of ether oxygens (including phenoxy) is 2. The summed E-state index contributed by atoms with van der Waals surface area (Å²) in [6.07, 6.45) is 0. The normalized spacial score (nSPS) is 10.6. The topological polar surface area (TPSA) is 52.6 Å². The maximum absolute atomic E-state index is 13.1. The van der Waals surface area contributed by atoms with Crippen LogP contribution in [0.3, 0.4) is 0 Å². The minimum absolute atomic E-state index is 0.258. The molecular weight excluding hydrogens is 471 g/mol. The Hall–Kier alpha value is -3.60. The van der Waals surface area contributed by atoms with Crippen molar-refractivity contribution >= 4 is 35.1 Å². The Morgan fingerprint density at radius 1 is 0.647 bits per heavy atom. The molecule has 4 aromatic rings. The number of esters is 2. The van der Waals surface area contributed by atoms with Crippen LogP contribution < -0.4 is 9.47 Å². The van der Waals surface area contributed by atoms with Gasteiger partial charge in [-0.15, -0.1) is 0 Å². The third-order valence-electron chi connectivity index (χ3n) is 5.14. The highest BCUT2D eigenvalue weighted by molar-refractivity contribution is 6.32. The summed E-state index contributed by atoms with van der Waals surface area (Å²) in [4.78, 5) is 25.9. The molecule has 170 valence electrons. The summed E-state index contributed by atoms with van der Waals surface area (Å²) < 4.78 is 11.1. The third-order valence-corrected chi connectivity index (χ3v) is 5.73. The first-order chi connectivity index (χ1) is 16.3. The molecule has 0 amide bonds. The summed E-state index contributed by atoms with van der Waals surface area (Å²) in [6.45, 7) is 3.79. The highest BCUT2D eigenvalue weighted by Crippen LogP contribution is 2.31. The molecule has 0 bridgehead atoms. The molecule has 0 aliphatic heterocycles. The van der Waals surface area contributed by atoms with E-state index in [0.29, 0.717) is 15.6 Å². The van der Waals surface area contributed by atoms with E-state index in [9.17, 15) is 9.59 Å². The van der Waals surface area contributed by atoms with Gasteiger partial charge in [0.05, 0.1) is 21.2 Å². The molecule has 0 atom stereocenters. The first-order valence-electron chi connectivity index (χ1n) is 10.5. The van der Waals surface area contributed by atoms with Crippen molar-refractivity contribution in [3.8, 4) is 22.6 Å².